The predicted octanol–water partition coefficient (Wildman–Crippen LogP) is 7.94. The first-order chi connectivity index (χ1) is 16.7. The van der Waals surface area contributed by atoms with Gasteiger partial charge in [0.15, 0.2) is 0 Å². The van der Waals surface area contributed by atoms with Crippen molar-refractivity contribution in [1.29, 1.82) is 0 Å². The highest BCUT2D eigenvalue weighted by molar-refractivity contribution is 6.02. The summed E-state index contributed by atoms with van der Waals surface area (Å²) in [4.78, 5) is 5.05. The van der Waals surface area contributed by atoms with E-state index in [9.17, 15) is 0 Å². The Morgan fingerprint density at radius 2 is 0.794 bits per heavy atom. The Morgan fingerprint density at radius 3 is 1.15 bits per heavy atom. The first kappa shape index (κ1) is 22.0. The lowest BCUT2D eigenvalue weighted by molar-refractivity contribution is 0.721. The molecule has 4 aromatic carbocycles. The molecule has 2 nitrogen and oxygen atoms in total. The molecule has 34 heavy (non-hydrogen) atoms. The summed E-state index contributed by atoms with van der Waals surface area (Å²) in [5.41, 5.74) is 10.0. The summed E-state index contributed by atoms with van der Waals surface area (Å²) in [6.45, 7) is 6.29. The maximum Gasteiger partial charge on any atom is 0.0731 e. The molecule has 1 heterocycles. The largest absolute Gasteiger partial charge is 0.339 e. The zero-order chi connectivity index (χ0) is 23.3. The smallest absolute Gasteiger partial charge is 0.0731 e. The lowest BCUT2D eigenvalue weighted by Gasteiger charge is -2.38. The number of nitrogens with zero attached hydrogens (tertiary/aromatic N) is 2. The van der Waals surface area contributed by atoms with Crippen LogP contribution in [-0.4, -0.2) is 13.1 Å². The molecule has 0 aromatic heterocycles. The highest BCUT2D eigenvalue weighted by Gasteiger charge is 2.26. The summed E-state index contributed by atoms with van der Waals surface area (Å²) in [7, 11) is 0. The van der Waals surface area contributed by atoms with Gasteiger partial charge in [-0.1, -0.05) is 96.1 Å². The van der Waals surface area contributed by atoms with E-state index in [4.69, 9.17) is 0 Å². The molecule has 0 saturated heterocycles. The molecule has 0 bridgehead atoms. The maximum atomic E-state index is 2.53. The van der Waals surface area contributed by atoms with Gasteiger partial charge in [0.2, 0.25) is 0 Å². The van der Waals surface area contributed by atoms with Gasteiger partial charge in [0.25, 0.3) is 0 Å². The van der Waals surface area contributed by atoms with E-state index in [1.165, 1.54) is 45.0 Å². The number of hydrogen-bond acceptors (Lipinski definition) is 2. The summed E-state index contributed by atoms with van der Waals surface area (Å²) in [5, 5.41) is 0. The van der Waals surface area contributed by atoms with Crippen molar-refractivity contribution >= 4 is 22.8 Å². The van der Waals surface area contributed by atoms with E-state index in [-0.39, 0.29) is 0 Å². The van der Waals surface area contributed by atoms with E-state index >= 15 is 0 Å². The third-order valence-electron chi connectivity index (χ3n) is 6.56. The lowest BCUT2D eigenvalue weighted by Crippen LogP contribution is -2.33. The summed E-state index contributed by atoms with van der Waals surface area (Å²) in [5.74, 6) is 0. The monoisotopic (exact) mass is 444 g/mol. The van der Waals surface area contributed by atoms with Gasteiger partial charge in [-0.15, -0.1) is 0 Å². The molecule has 1 aliphatic heterocycles. The van der Waals surface area contributed by atoms with Crippen LogP contribution in [0.3, 0.4) is 0 Å². The minimum atomic E-state index is 0.991. The van der Waals surface area contributed by atoms with Gasteiger partial charge in [0, 0.05) is 35.6 Å². The van der Waals surface area contributed by atoms with Crippen LogP contribution in [0.4, 0.5) is 11.4 Å². The number of benzene rings is 4. The van der Waals surface area contributed by atoms with E-state index < -0.39 is 0 Å². The van der Waals surface area contributed by atoms with Crippen LogP contribution in [0.15, 0.2) is 109 Å². The van der Waals surface area contributed by atoms with Gasteiger partial charge in [-0.05, 0) is 51.0 Å². The van der Waals surface area contributed by atoms with Crippen molar-refractivity contribution in [3.05, 3.63) is 131 Å². The van der Waals surface area contributed by atoms with Gasteiger partial charge in [-0.2, -0.15) is 0 Å². The second-order valence-corrected chi connectivity index (χ2v) is 9.11. The van der Waals surface area contributed by atoms with Crippen LogP contribution >= 0.6 is 0 Å². The molecule has 0 N–H and O–H groups in total. The first-order valence-electron chi connectivity index (χ1n) is 12.2. The first-order valence-corrected chi connectivity index (χ1v) is 12.2. The fourth-order valence-electron chi connectivity index (χ4n) is 4.76. The van der Waals surface area contributed by atoms with Crippen molar-refractivity contribution in [2.75, 3.05) is 22.9 Å². The van der Waals surface area contributed by atoms with Crippen molar-refractivity contribution in [2.45, 2.75) is 26.7 Å². The topological polar surface area (TPSA) is 6.48 Å². The van der Waals surface area contributed by atoms with E-state index in [0.717, 1.165) is 25.9 Å². The zero-order valence-corrected chi connectivity index (χ0v) is 20.1. The molecule has 0 spiro atoms. The van der Waals surface area contributed by atoms with Crippen LogP contribution in [0.5, 0.6) is 0 Å². The number of anilines is 2. The highest BCUT2D eigenvalue weighted by atomic mass is 15.2. The molecule has 0 aliphatic carbocycles. The van der Waals surface area contributed by atoms with Crippen LogP contribution in [-0.2, 0) is 0 Å². The van der Waals surface area contributed by atoms with Crippen LogP contribution < -0.4 is 9.80 Å². The molecule has 0 unspecified atom stereocenters. The van der Waals surface area contributed by atoms with E-state index in [2.05, 4.69) is 133 Å². The summed E-state index contributed by atoms with van der Waals surface area (Å²) < 4.78 is 0. The molecule has 0 atom stereocenters. The van der Waals surface area contributed by atoms with Gasteiger partial charge >= 0.3 is 0 Å². The summed E-state index contributed by atoms with van der Waals surface area (Å²) in [6, 6.07) is 39.7. The second kappa shape index (κ2) is 10.0. The molecule has 0 fully saturated rings. The Bertz CT molecular complexity index is 1140. The molecule has 170 valence electrons. The number of aryl methyl sites for hydroxylation is 2. The Kier molecular flexibility index (Phi) is 6.49. The Hall–Kier alpha value is -3.78. The average molecular weight is 445 g/mol. The van der Waals surface area contributed by atoms with Gasteiger partial charge in [0.05, 0.1) is 11.4 Å². The van der Waals surface area contributed by atoms with E-state index in [1.54, 1.807) is 0 Å². The molecular formula is C32H32N2. The van der Waals surface area contributed by atoms with Crippen LogP contribution in [0.2, 0.25) is 0 Å². The Morgan fingerprint density at radius 1 is 0.441 bits per heavy atom. The second-order valence-electron chi connectivity index (χ2n) is 9.11. The molecule has 0 amide bonds. The highest BCUT2D eigenvalue weighted by Crippen LogP contribution is 2.39. The van der Waals surface area contributed by atoms with Crippen molar-refractivity contribution in [2.24, 2.45) is 0 Å². The third-order valence-corrected chi connectivity index (χ3v) is 6.56. The number of hydrogen-bond donors (Lipinski definition) is 0. The minimum absolute atomic E-state index is 0.991. The zero-order valence-electron chi connectivity index (χ0n) is 20.1. The quantitative estimate of drug-likeness (QED) is 0.315. The molecule has 1 aliphatic rings. The molecule has 2 heteroatoms. The van der Waals surface area contributed by atoms with E-state index in [1.807, 2.05) is 0 Å². The van der Waals surface area contributed by atoms with Crippen molar-refractivity contribution in [3.8, 4) is 0 Å². The lowest BCUT2D eigenvalue weighted by atomic mass is 9.98. The van der Waals surface area contributed by atoms with E-state index in [0.29, 0.717) is 0 Å². The molecular weight excluding hydrogens is 412 g/mol. The summed E-state index contributed by atoms with van der Waals surface area (Å²) >= 11 is 0. The van der Waals surface area contributed by atoms with Gasteiger partial charge in [-0.3, -0.25) is 0 Å². The molecule has 0 radical (unpaired) electrons. The SMILES string of the molecule is Cc1ccc(N2CCCCN(c3ccc(C)cc3)/C(c3ccccc3)=C\2c2ccccc2)cc1. The number of rotatable bonds is 4. The Labute approximate surface area is 203 Å². The molecule has 0 saturated carbocycles. The summed E-state index contributed by atoms with van der Waals surface area (Å²) in [6.07, 6.45) is 2.27. The maximum absolute atomic E-state index is 2.53. The Balaban J connectivity index is 1.82. The van der Waals surface area contributed by atoms with Crippen LogP contribution in [0, 0.1) is 13.8 Å². The standard InChI is InChI=1S/C32H32N2/c1-25-15-19-29(20-16-25)33-23-9-10-24-34(30-21-17-26(2)18-22-30)32(28-13-7-4-8-14-28)31(33)27-11-5-3-6-12-27/h3-8,11-22H,9-10,23-24H2,1-2H3/b32-31-. The fraction of sp³-hybridized carbons (Fsp3) is 0.188. The van der Waals surface area contributed by atoms with Gasteiger partial charge < -0.3 is 9.80 Å². The van der Waals surface area contributed by atoms with Crippen molar-refractivity contribution < 1.29 is 0 Å². The molecule has 4 aromatic rings. The van der Waals surface area contributed by atoms with Gasteiger partial charge in [-0.25, -0.2) is 0 Å². The third kappa shape index (κ3) is 4.63. The minimum Gasteiger partial charge on any atom is -0.339 e. The fourth-order valence-corrected chi connectivity index (χ4v) is 4.76. The van der Waals surface area contributed by atoms with Crippen molar-refractivity contribution in [3.63, 3.8) is 0 Å². The molecule has 5 rings (SSSR count). The van der Waals surface area contributed by atoms with Gasteiger partial charge in [0.1, 0.15) is 0 Å². The van der Waals surface area contributed by atoms with Crippen LogP contribution in [0.1, 0.15) is 35.1 Å². The van der Waals surface area contributed by atoms with Crippen molar-refractivity contribution in [1.82, 2.24) is 0 Å². The van der Waals surface area contributed by atoms with Crippen LogP contribution in [0.25, 0.3) is 11.4 Å². The average Bonchev–Trinajstić information content (AvgIpc) is 2.87. The predicted molar refractivity (Wildman–Crippen MR) is 146 cm³/mol. The normalized spacial score (nSPS) is 16.8.